The molecular weight excluding hydrogens is 396 g/mol. The third-order valence-electron chi connectivity index (χ3n) is 5.29. The molecule has 0 saturated carbocycles. The predicted molar refractivity (Wildman–Crippen MR) is 121 cm³/mol. The molecule has 1 atom stereocenters. The first kappa shape index (κ1) is 20.3. The van der Waals surface area contributed by atoms with Crippen molar-refractivity contribution >= 4 is 33.0 Å². The zero-order chi connectivity index (χ0) is 21.3. The molecule has 0 aliphatic carbocycles. The molecule has 0 saturated heterocycles. The maximum absolute atomic E-state index is 13.0. The van der Waals surface area contributed by atoms with E-state index in [0.717, 1.165) is 28.9 Å². The molecule has 3 heterocycles. The van der Waals surface area contributed by atoms with Gasteiger partial charge in [-0.15, -0.1) is 11.3 Å². The van der Waals surface area contributed by atoms with Gasteiger partial charge in [-0.2, -0.15) is 5.10 Å². The summed E-state index contributed by atoms with van der Waals surface area (Å²) in [6.45, 7) is 5.98. The van der Waals surface area contributed by atoms with Crippen LogP contribution >= 0.6 is 11.3 Å². The SMILES string of the molecule is CCc1nn(CC(=O)N[C@H](C)CCc2ccccc2)c(=O)c2cc3sc(C)cc3n12. The molecule has 0 aliphatic rings. The largest absolute Gasteiger partial charge is 0.352 e. The fourth-order valence-electron chi connectivity index (χ4n) is 3.81. The molecule has 3 aromatic heterocycles. The highest BCUT2D eigenvalue weighted by molar-refractivity contribution is 7.19. The maximum Gasteiger partial charge on any atom is 0.291 e. The average Bonchev–Trinajstić information content (AvgIpc) is 3.26. The summed E-state index contributed by atoms with van der Waals surface area (Å²) < 4.78 is 4.29. The summed E-state index contributed by atoms with van der Waals surface area (Å²) in [5.41, 5.74) is 2.60. The van der Waals surface area contributed by atoms with Crippen LogP contribution in [0.5, 0.6) is 0 Å². The van der Waals surface area contributed by atoms with Gasteiger partial charge in [-0.3, -0.25) is 14.0 Å². The standard InChI is InChI=1S/C23H26N4O2S/c1-4-21-25-26(23(29)19-13-20-18(27(19)21)12-16(3)30-20)14-22(28)24-15(2)10-11-17-8-6-5-7-9-17/h5-9,12-13,15H,4,10-11,14H2,1-3H3,(H,24,28)/t15-/m1/s1. The molecule has 4 rings (SSSR count). The van der Waals surface area contributed by atoms with Crippen LogP contribution in [-0.4, -0.2) is 26.1 Å². The molecule has 1 amide bonds. The van der Waals surface area contributed by atoms with Crippen LogP contribution in [0.15, 0.2) is 47.3 Å². The number of thiophene rings is 1. The number of aryl methyl sites for hydroxylation is 3. The van der Waals surface area contributed by atoms with E-state index in [1.807, 2.05) is 42.5 Å². The molecule has 6 nitrogen and oxygen atoms in total. The lowest BCUT2D eigenvalue weighted by Gasteiger charge is -2.15. The third-order valence-corrected chi connectivity index (χ3v) is 6.27. The monoisotopic (exact) mass is 422 g/mol. The molecular formula is C23H26N4O2S. The number of amides is 1. The lowest BCUT2D eigenvalue weighted by molar-refractivity contribution is -0.122. The van der Waals surface area contributed by atoms with Crippen molar-refractivity contribution in [2.45, 2.75) is 52.6 Å². The molecule has 0 spiro atoms. The summed E-state index contributed by atoms with van der Waals surface area (Å²) >= 11 is 1.66. The van der Waals surface area contributed by atoms with Gasteiger partial charge in [-0.05, 0) is 44.4 Å². The van der Waals surface area contributed by atoms with Crippen molar-refractivity contribution in [3.63, 3.8) is 0 Å². The number of hydrogen-bond acceptors (Lipinski definition) is 4. The van der Waals surface area contributed by atoms with Crippen molar-refractivity contribution < 1.29 is 4.79 Å². The first-order valence-electron chi connectivity index (χ1n) is 10.3. The van der Waals surface area contributed by atoms with Gasteiger partial charge in [-0.1, -0.05) is 37.3 Å². The minimum absolute atomic E-state index is 0.0180. The molecule has 0 bridgehead atoms. The smallest absolute Gasteiger partial charge is 0.291 e. The number of carbonyl (C=O) groups is 1. The number of nitrogens with zero attached hydrogens (tertiary/aromatic N) is 3. The maximum atomic E-state index is 13.0. The van der Waals surface area contributed by atoms with Crippen LogP contribution in [-0.2, 0) is 24.2 Å². The van der Waals surface area contributed by atoms with Crippen molar-refractivity contribution in [3.8, 4) is 0 Å². The van der Waals surface area contributed by atoms with Gasteiger partial charge in [0.15, 0.2) is 0 Å². The molecule has 1 N–H and O–H groups in total. The Morgan fingerprint density at radius 2 is 1.97 bits per heavy atom. The molecule has 0 unspecified atom stereocenters. The Balaban J connectivity index is 1.51. The second-order valence-electron chi connectivity index (χ2n) is 7.70. The summed E-state index contributed by atoms with van der Waals surface area (Å²) in [6.07, 6.45) is 2.41. The van der Waals surface area contributed by atoms with Crippen LogP contribution in [0.2, 0.25) is 0 Å². The van der Waals surface area contributed by atoms with Crippen molar-refractivity contribution in [3.05, 3.63) is 69.1 Å². The Morgan fingerprint density at radius 3 is 2.70 bits per heavy atom. The van der Waals surface area contributed by atoms with Gasteiger partial charge >= 0.3 is 0 Å². The van der Waals surface area contributed by atoms with E-state index in [0.29, 0.717) is 11.9 Å². The van der Waals surface area contributed by atoms with E-state index < -0.39 is 0 Å². The van der Waals surface area contributed by atoms with Gasteiger partial charge in [0.05, 0.1) is 10.2 Å². The molecule has 0 aliphatic heterocycles. The van der Waals surface area contributed by atoms with Crippen LogP contribution in [0.25, 0.3) is 15.7 Å². The summed E-state index contributed by atoms with van der Waals surface area (Å²) in [6, 6.07) is 14.2. The second kappa shape index (κ2) is 8.44. The number of hydrogen-bond donors (Lipinski definition) is 1. The van der Waals surface area contributed by atoms with Gasteiger partial charge in [0.1, 0.15) is 17.9 Å². The van der Waals surface area contributed by atoms with Crippen molar-refractivity contribution in [1.29, 1.82) is 0 Å². The molecule has 0 fully saturated rings. The average molecular weight is 423 g/mol. The summed E-state index contributed by atoms with van der Waals surface area (Å²) in [5.74, 6) is 0.586. The van der Waals surface area contributed by atoms with E-state index in [-0.39, 0.29) is 24.1 Å². The topological polar surface area (TPSA) is 68.4 Å². The third kappa shape index (κ3) is 4.03. The fraction of sp³-hybridized carbons (Fsp3) is 0.348. The van der Waals surface area contributed by atoms with Crippen LogP contribution in [0.1, 0.15) is 36.5 Å². The van der Waals surface area contributed by atoms with E-state index >= 15 is 0 Å². The second-order valence-corrected chi connectivity index (χ2v) is 8.98. The quantitative estimate of drug-likeness (QED) is 0.494. The van der Waals surface area contributed by atoms with E-state index in [9.17, 15) is 9.59 Å². The Labute approximate surface area is 179 Å². The molecule has 7 heteroatoms. The van der Waals surface area contributed by atoms with Gasteiger partial charge in [-0.25, -0.2) is 4.68 Å². The summed E-state index contributed by atoms with van der Waals surface area (Å²) in [5, 5.41) is 7.50. The normalized spacial score (nSPS) is 12.5. The zero-order valence-corrected chi connectivity index (χ0v) is 18.3. The Hall–Kier alpha value is -2.93. The Bertz CT molecular complexity index is 1250. The number of carbonyl (C=O) groups excluding carboxylic acids is 1. The van der Waals surface area contributed by atoms with Gasteiger partial charge in [0.25, 0.3) is 5.56 Å². The van der Waals surface area contributed by atoms with Crippen molar-refractivity contribution in [2.24, 2.45) is 0 Å². The Morgan fingerprint density at radius 1 is 1.20 bits per heavy atom. The highest BCUT2D eigenvalue weighted by atomic mass is 32.1. The number of aromatic nitrogens is 3. The molecule has 4 aromatic rings. The van der Waals surface area contributed by atoms with Crippen LogP contribution in [0, 0.1) is 6.92 Å². The lowest BCUT2D eigenvalue weighted by Crippen LogP contribution is -2.39. The van der Waals surface area contributed by atoms with Gasteiger partial charge in [0.2, 0.25) is 5.91 Å². The fourth-order valence-corrected chi connectivity index (χ4v) is 4.75. The molecule has 1 aromatic carbocycles. The van der Waals surface area contributed by atoms with Crippen LogP contribution in [0.3, 0.4) is 0 Å². The van der Waals surface area contributed by atoms with Crippen molar-refractivity contribution in [1.82, 2.24) is 19.5 Å². The first-order valence-corrected chi connectivity index (χ1v) is 11.1. The Kier molecular flexibility index (Phi) is 5.72. The summed E-state index contributed by atoms with van der Waals surface area (Å²) in [4.78, 5) is 26.8. The highest BCUT2D eigenvalue weighted by Crippen LogP contribution is 2.28. The van der Waals surface area contributed by atoms with Crippen molar-refractivity contribution in [2.75, 3.05) is 0 Å². The summed E-state index contributed by atoms with van der Waals surface area (Å²) in [7, 11) is 0. The number of fused-ring (bicyclic) bond motifs is 3. The van der Waals surface area contributed by atoms with E-state index in [4.69, 9.17) is 0 Å². The zero-order valence-electron chi connectivity index (χ0n) is 17.5. The molecule has 0 radical (unpaired) electrons. The lowest BCUT2D eigenvalue weighted by atomic mass is 10.1. The minimum atomic E-state index is -0.236. The van der Waals surface area contributed by atoms with Crippen LogP contribution in [0.4, 0.5) is 0 Å². The van der Waals surface area contributed by atoms with Crippen LogP contribution < -0.4 is 10.9 Å². The van der Waals surface area contributed by atoms with E-state index in [2.05, 4.69) is 35.5 Å². The number of benzene rings is 1. The minimum Gasteiger partial charge on any atom is -0.352 e. The first-order chi connectivity index (χ1) is 14.5. The van der Waals surface area contributed by atoms with Gasteiger partial charge in [0, 0.05) is 17.3 Å². The van der Waals surface area contributed by atoms with Gasteiger partial charge < -0.3 is 5.32 Å². The highest BCUT2D eigenvalue weighted by Gasteiger charge is 2.17. The number of nitrogens with one attached hydrogen (secondary N) is 1. The van der Waals surface area contributed by atoms with E-state index in [1.165, 1.54) is 15.1 Å². The molecule has 30 heavy (non-hydrogen) atoms. The van der Waals surface area contributed by atoms with E-state index in [1.54, 1.807) is 11.3 Å². The number of rotatable bonds is 7. The molecule has 156 valence electrons. The predicted octanol–water partition coefficient (Wildman–Crippen LogP) is 3.72.